The zero-order chi connectivity index (χ0) is 22.5. The topological polar surface area (TPSA) is 87.7 Å². The molecule has 2 saturated heterocycles. The molecule has 1 aromatic heterocycles. The predicted octanol–water partition coefficient (Wildman–Crippen LogP) is 2.77. The Kier molecular flexibility index (Phi) is 7.60. The Hall–Kier alpha value is -2.22. The number of nitrogens with zero attached hydrogens (tertiary/aromatic N) is 4. The van der Waals surface area contributed by atoms with Gasteiger partial charge in [-0.05, 0) is 25.7 Å². The number of aromatic nitrogens is 2. The molecule has 1 atom stereocenters. The van der Waals surface area contributed by atoms with E-state index in [1.54, 1.807) is 7.11 Å². The van der Waals surface area contributed by atoms with E-state index in [9.17, 15) is 9.59 Å². The second-order valence-corrected chi connectivity index (χ2v) is 9.45. The lowest BCUT2D eigenvalue weighted by Crippen LogP contribution is -2.42. The summed E-state index contributed by atoms with van der Waals surface area (Å²) >= 11 is 0. The molecule has 0 spiro atoms. The molecule has 1 aliphatic carbocycles. The van der Waals surface area contributed by atoms with Crippen molar-refractivity contribution >= 4 is 17.6 Å². The molecule has 0 bridgehead atoms. The van der Waals surface area contributed by atoms with Gasteiger partial charge in [-0.2, -0.15) is 0 Å². The van der Waals surface area contributed by atoms with Crippen LogP contribution in [0.15, 0.2) is 6.07 Å². The van der Waals surface area contributed by atoms with Crippen LogP contribution in [-0.4, -0.2) is 78.5 Å². The molecule has 0 aromatic carbocycles. The molecule has 3 fully saturated rings. The molecule has 8 nitrogen and oxygen atoms in total. The van der Waals surface area contributed by atoms with Gasteiger partial charge in [0.25, 0.3) is 0 Å². The van der Waals surface area contributed by atoms with E-state index in [1.165, 1.54) is 19.3 Å². The summed E-state index contributed by atoms with van der Waals surface area (Å²) in [5.74, 6) is 2.73. The van der Waals surface area contributed by atoms with Gasteiger partial charge < -0.3 is 19.9 Å². The average Bonchev–Trinajstić information content (AvgIpc) is 3.23. The van der Waals surface area contributed by atoms with Crippen molar-refractivity contribution < 1.29 is 14.3 Å². The van der Waals surface area contributed by atoms with Gasteiger partial charge in [0.1, 0.15) is 11.6 Å². The number of carbonyl (C=O) groups excluding carboxylic acids is 2. The largest absolute Gasteiger partial charge is 0.383 e. The highest BCUT2D eigenvalue weighted by Crippen LogP contribution is 2.33. The number of hydrogen-bond acceptors (Lipinski definition) is 6. The third-order valence-electron chi connectivity index (χ3n) is 7.34. The number of nitrogens with one attached hydrogen (secondary N) is 1. The first kappa shape index (κ1) is 23.0. The van der Waals surface area contributed by atoms with Gasteiger partial charge in [-0.3, -0.25) is 9.59 Å². The minimum atomic E-state index is 0.0844. The van der Waals surface area contributed by atoms with Gasteiger partial charge in [0.05, 0.1) is 12.3 Å². The van der Waals surface area contributed by atoms with Gasteiger partial charge in [-0.1, -0.05) is 19.3 Å². The molecular weight excluding hydrogens is 406 g/mol. The number of methoxy groups -OCH3 is 1. The fourth-order valence-corrected chi connectivity index (χ4v) is 5.36. The molecular formula is C24H37N5O3. The van der Waals surface area contributed by atoms with E-state index < -0.39 is 0 Å². The van der Waals surface area contributed by atoms with Crippen molar-refractivity contribution in [1.29, 1.82) is 0 Å². The molecule has 32 heavy (non-hydrogen) atoms. The quantitative estimate of drug-likeness (QED) is 0.697. The first-order valence-electron chi connectivity index (χ1n) is 12.2. The van der Waals surface area contributed by atoms with E-state index in [0.29, 0.717) is 32.0 Å². The molecule has 4 rings (SSSR count). The first-order chi connectivity index (χ1) is 15.6. The van der Waals surface area contributed by atoms with Crippen molar-refractivity contribution in [1.82, 2.24) is 19.8 Å². The van der Waals surface area contributed by atoms with Crippen LogP contribution in [0, 0.1) is 5.92 Å². The van der Waals surface area contributed by atoms with Crippen molar-refractivity contribution in [3.8, 4) is 0 Å². The number of anilines is 1. The predicted molar refractivity (Wildman–Crippen MR) is 123 cm³/mol. The van der Waals surface area contributed by atoms with E-state index in [2.05, 4.69) is 10.2 Å². The van der Waals surface area contributed by atoms with Crippen LogP contribution in [0.3, 0.4) is 0 Å². The molecule has 1 aromatic rings. The van der Waals surface area contributed by atoms with Crippen molar-refractivity contribution in [2.45, 2.75) is 63.2 Å². The number of likely N-dealkylation sites (tertiary alicyclic amines) is 2. The maximum Gasteiger partial charge on any atom is 0.225 e. The molecule has 2 aliphatic heterocycles. The fourth-order valence-electron chi connectivity index (χ4n) is 5.36. The molecule has 3 heterocycles. The summed E-state index contributed by atoms with van der Waals surface area (Å²) in [7, 11) is 3.52. The van der Waals surface area contributed by atoms with Crippen molar-refractivity contribution in [2.75, 3.05) is 52.3 Å². The minimum absolute atomic E-state index is 0.0844. The summed E-state index contributed by atoms with van der Waals surface area (Å²) < 4.78 is 5.13. The van der Waals surface area contributed by atoms with Crippen LogP contribution in [0.1, 0.15) is 74.7 Å². The number of amides is 2. The summed E-state index contributed by atoms with van der Waals surface area (Å²) in [6, 6.07) is 1.98. The SMILES string of the molecule is CNc1cc([C@@H]2CC(=O)N(CCOC)C2)nc(C2CCN(C(=O)C3CCCCC3)CC2)n1. The van der Waals surface area contributed by atoms with Gasteiger partial charge in [0, 0.05) is 70.6 Å². The summed E-state index contributed by atoms with van der Waals surface area (Å²) in [4.78, 5) is 38.9. The average molecular weight is 444 g/mol. The zero-order valence-corrected chi connectivity index (χ0v) is 19.5. The van der Waals surface area contributed by atoms with Gasteiger partial charge in [-0.15, -0.1) is 0 Å². The standard InChI is InChI=1S/C24H37N5O3/c1-25-21-15-20(19-14-22(30)29(16-19)12-13-32-2)26-23(27-21)17-8-10-28(11-9-17)24(31)18-6-4-3-5-7-18/h15,17-19H,3-14,16H2,1-2H3,(H,25,26,27)/t19-/m1/s1. The molecule has 8 heteroatoms. The van der Waals surface area contributed by atoms with Gasteiger partial charge in [0.15, 0.2) is 0 Å². The number of carbonyl (C=O) groups is 2. The Morgan fingerprint density at radius 2 is 1.88 bits per heavy atom. The Bertz CT molecular complexity index is 803. The van der Waals surface area contributed by atoms with Crippen LogP contribution >= 0.6 is 0 Å². The van der Waals surface area contributed by atoms with Crippen LogP contribution in [0.2, 0.25) is 0 Å². The number of ether oxygens (including phenoxy) is 1. The Morgan fingerprint density at radius 3 is 2.56 bits per heavy atom. The zero-order valence-electron chi connectivity index (χ0n) is 19.5. The van der Waals surface area contributed by atoms with Crippen LogP contribution in [0.4, 0.5) is 5.82 Å². The molecule has 0 radical (unpaired) electrons. The highest BCUT2D eigenvalue weighted by atomic mass is 16.5. The fraction of sp³-hybridized carbons (Fsp3) is 0.750. The van der Waals surface area contributed by atoms with Crippen LogP contribution in [-0.2, 0) is 14.3 Å². The monoisotopic (exact) mass is 443 g/mol. The lowest BCUT2D eigenvalue weighted by atomic mass is 9.87. The smallest absolute Gasteiger partial charge is 0.225 e. The Balaban J connectivity index is 1.41. The third-order valence-corrected chi connectivity index (χ3v) is 7.34. The first-order valence-corrected chi connectivity index (χ1v) is 12.2. The van der Waals surface area contributed by atoms with Gasteiger partial charge >= 0.3 is 0 Å². The summed E-state index contributed by atoms with van der Waals surface area (Å²) in [6.45, 7) is 3.42. The van der Waals surface area contributed by atoms with Crippen molar-refractivity contribution in [3.63, 3.8) is 0 Å². The molecule has 176 valence electrons. The summed E-state index contributed by atoms with van der Waals surface area (Å²) in [5, 5.41) is 3.16. The van der Waals surface area contributed by atoms with Crippen LogP contribution in [0.25, 0.3) is 0 Å². The second kappa shape index (κ2) is 10.6. The minimum Gasteiger partial charge on any atom is -0.383 e. The number of hydrogen-bond donors (Lipinski definition) is 1. The second-order valence-electron chi connectivity index (χ2n) is 9.45. The lowest BCUT2D eigenvalue weighted by molar-refractivity contribution is -0.137. The normalized spacial score (nSPS) is 23.1. The lowest BCUT2D eigenvalue weighted by Gasteiger charge is -2.35. The van der Waals surface area contributed by atoms with Gasteiger partial charge in [-0.25, -0.2) is 9.97 Å². The maximum absolute atomic E-state index is 12.9. The summed E-state index contributed by atoms with van der Waals surface area (Å²) in [5.41, 5.74) is 0.938. The van der Waals surface area contributed by atoms with E-state index in [4.69, 9.17) is 14.7 Å². The van der Waals surface area contributed by atoms with Crippen LogP contribution < -0.4 is 5.32 Å². The van der Waals surface area contributed by atoms with E-state index in [1.807, 2.05) is 18.0 Å². The van der Waals surface area contributed by atoms with E-state index in [0.717, 1.165) is 56.1 Å². The maximum atomic E-state index is 12.9. The van der Waals surface area contributed by atoms with Crippen LogP contribution in [0.5, 0.6) is 0 Å². The third kappa shape index (κ3) is 5.22. The molecule has 1 saturated carbocycles. The number of piperidine rings is 1. The Labute approximate surface area is 191 Å². The molecule has 1 N–H and O–H groups in total. The van der Waals surface area contributed by atoms with Crippen molar-refractivity contribution in [2.24, 2.45) is 5.92 Å². The van der Waals surface area contributed by atoms with Crippen molar-refractivity contribution in [3.05, 3.63) is 17.6 Å². The molecule has 3 aliphatic rings. The highest BCUT2D eigenvalue weighted by Gasteiger charge is 2.34. The Morgan fingerprint density at radius 1 is 1.12 bits per heavy atom. The highest BCUT2D eigenvalue weighted by molar-refractivity contribution is 5.80. The van der Waals surface area contributed by atoms with E-state index >= 15 is 0 Å². The number of rotatable bonds is 7. The summed E-state index contributed by atoms with van der Waals surface area (Å²) in [6.07, 6.45) is 8.03. The molecule has 2 amide bonds. The van der Waals surface area contributed by atoms with E-state index in [-0.39, 0.29) is 23.7 Å². The van der Waals surface area contributed by atoms with Gasteiger partial charge in [0.2, 0.25) is 11.8 Å². The molecule has 0 unspecified atom stereocenters.